The van der Waals surface area contributed by atoms with E-state index < -0.39 is 0 Å². The largest absolute Gasteiger partial charge is 0.497 e. The number of aromatic nitrogens is 2. The number of methoxy groups -OCH3 is 1. The first-order valence-corrected chi connectivity index (χ1v) is 10.9. The number of ether oxygens (including phenoxy) is 1. The summed E-state index contributed by atoms with van der Waals surface area (Å²) >= 11 is 0. The Hall–Kier alpha value is -2.14. The monoisotopic (exact) mass is 395 g/mol. The first kappa shape index (κ1) is 20.1. The molecular weight excluding hydrogens is 362 g/mol. The van der Waals surface area contributed by atoms with E-state index in [1.54, 1.807) is 7.11 Å². The lowest BCUT2D eigenvalue weighted by Crippen LogP contribution is -2.35. The van der Waals surface area contributed by atoms with Crippen molar-refractivity contribution in [2.45, 2.75) is 52.5 Å². The van der Waals surface area contributed by atoms with Crippen LogP contribution in [0.25, 0.3) is 11.5 Å². The number of benzene rings is 1. The molecule has 0 spiro atoms. The van der Waals surface area contributed by atoms with Crippen molar-refractivity contribution in [1.82, 2.24) is 15.5 Å². The zero-order valence-electron chi connectivity index (χ0n) is 18.0. The zero-order chi connectivity index (χ0) is 20.4. The van der Waals surface area contributed by atoms with Crippen LogP contribution >= 0.6 is 0 Å². The van der Waals surface area contributed by atoms with Gasteiger partial charge in [0.2, 0.25) is 11.8 Å². The average Bonchev–Trinajstić information content (AvgIpc) is 3.44. The minimum atomic E-state index is 0.476. The van der Waals surface area contributed by atoms with Crippen LogP contribution in [0.3, 0.4) is 0 Å². The molecule has 0 aliphatic heterocycles. The molecule has 2 aliphatic rings. The molecule has 0 saturated heterocycles. The predicted molar refractivity (Wildman–Crippen MR) is 115 cm³/mol. The van der Waals surface area contributed by atoms with Crippen LogP contribution in [0, 0.1) is 23.7 Å². The molecule has 1 aromatic heterocycles. The van der Waals surface area contributed by atoms with Crippen LogP contribution in [-0.4, -0.2) is 29.9 Å². The molecule has 2 aromatic rings. The van der Waals surface area contributed by atoms with E-state index in [2.05, 4.69) is 42.4 Å². The lowest BCUT2D eigenvalue weighted by atomic mass is 9.70. The van der Waals surface area contributed by atoms with E-state index >= 15 is 0 Å². The highest BCUT2D eigenvalue weighted by Gasteiger charge is 2.33. The number of hydrogen-bond donors (Lipinski definition) is 1. The Kier molecular flexibility index (Phi) is 6.04. The summed E-state index contributed by atoms with van der Waals surface area (Å²) < 4.78 is 11.2. The fourth-order valence-corrected chi connectivity index (χ4v) is 4.50. The Bertz CT molecular complexity index is 836. The molecule has 5 heteroatoms. The summed E-state index contributed by atoms with van der Waals surface area (Å²) in [7, 11) is 1.66. The van der Waals surface area contributed by atoms with Crippen molar-refractivity contribution < 1.29 is 9.15 Å². The van der Waals surface area contributed by atoms with Gasteiger partial charge in [-0.05, 0) is 74.1 Å². The molecule has 0 unspecified atom stereocenters. The van der Waals surface area contributed by atoms with Crippen molar-refractivity contribution in [2.24, 2.45) is 23.7 Å². The van der Waals surface area contributed by atoms with E-state index in [0.717, 1.165) is 36.2 Å². The molecular formula is C24H33N3O2. The smallest absolute Gasteiger partial charge is 0.247 e. The second-order valence-corrected chi connectivity index (χ2v) is 9.03. The summed E-state index contributed by atoms with van der Waals surface area (Å²) in [5, 5.41) is 12.3. The van der Waals surface area contributed by atoms with E-state index in [1.807, 2.05) is 24.3 Å². The molecule has 29 heavy (non-hydrogen) atoms. The highest BCUT2D eigenvalue weighted by atomic mass is 16.5. The van der Waals surface area contributed by atoms with Gasteiger partial charge in [0.15, 0.2) is 0 Å². The number of rotatable bonds is 8. The number of allylic oxidation sites excluding steroid dienone is 1. The average molecular weight is 396 g/mol. The maximum Gasteiger partial charge on any atom is 0.247 e. The minimum absolute atomic E-state index is 0.476. The summed E-state index contributed by atoms with van der Waals surface area (Å²) in [4.78, 5) is 0. The van der Waals surface area contributed by atoms with Gasteiger partial charge in [0.05, 0.1) is 7.11 Å². The molecule has 1 fully saturated rings. The fourth-order valence-electron chi connectivity index (χ4n) is 4.50. The molecule has 5 nitrogen and oxygen atoms in total. The number of nitrogens with zero attached hydrogens (tertiary/aromatic N) is 2. The Morgan fingerprint density at radius 2 is 1.93 bits per heavy atom. The van der Waals surface area contributed by atoms with Gasteiger partial charge in [-0.2, -0.15) is 0 Å². The number of hydrogen-bond acceptors (Lipinski definition) is 5. The van der Waals surface area contributed by atoms with Crippen molar-refractivity contribution in [2.75, 3.05) is 13.7 Å². The van der Waals surface area contributed by atoms with Crippen molar-refractivity contribution in [3.05, 3.63) is 41.8 Å². The van der Waals surface area contributed by atoms with Gasteiger partial charge in [-0.15, -0.1) is 10.2 Å². The lowest BCUT2D eigenvalue weighted by Gasteiger charge is -2.37. The van der Waals surface area contributed by atoms with E-state index in [0.29, 0.717) is 29.6 Å². The molecule has 1 aromatic carbocycles. The molecule has 2 aliphatic carbocycles. The topological polar surface area (TPSA) is 60.2 Å². The van der Waals surface area contributed by atoms with Gasteiger partial charge < -0.3 is 14.5 Å². The van der Waals surface area contributed by atoms with Crippen LogP contribution in [0.4, 0.5) is 0 Å². The molecule has 1 saturated carbocycles. The standard InChI is InChI=1S/C24H33N3O2/c1-15(2)22-12-18(16(3)11-19(22)14-25-20-7-8-20)13-23-26-27-24(29-23)17-5-9-21(28-4)10-6-17/h5-6,9-11,15,18-20,22,25H,7-8,12-14H2,1-4H3/t18-,19-,22-/m0/s1. The van der Waals surface area contributed by atoms with E-state index in [9.17, 15) is 0 Å². The van der Waals surface area contributed by atoms with Gasteiger partial charge in [0.25, 0.3) is 0 Å². The summed E-state index contributed by atoms with van der Waals surface area (Å²) in [6.07, 6.45) is 7.21. The summed E-state index contributed by atoms with van der Waals surface area (Å²) in [6, 6.07) is 8.50. The summed E-state index contributed by atoms with van der Waals surface area (Å²) in [5.41, 5.74) is 2.39. The van der Waals surface area contributed by atoms with Crippen molar-refractivity contribution in [3.8, 4) is 17.2 Å². The van der Waals surface area contributed by atoms with E-state index in [-0.39, 0.29) is 0 Å². The van der Waals surface area contributed by atoms with Crippen LogP contribution in [0.2, 0.25) is 0 Å². The van der Waals surface area contributed by atoms with Crippen LogP contribution < -0.4 is 10.1 Å². The zero-order valence-corrected chi connectivity index (χ0v) is 18.0. The quantitative estimate of drug-likeness (QED) is 0.645. The Balaban J connectivity index is 1.44. The van der Waals surface area contributed by atoms with Crippen molar-refractivity contribution in [3.63, 3.8) is 0 Å². The normalized spacial score (nSPS) is 24.6. The van der Waals surface area contributed by atoms with Gasteiger partial charge >= 0.3 is 0 Å². The second kappa shape index (κ2) is 8.70. The van der Waals surface area contributed by atoms with Crippen LogP contribution in [0.1, 0.15) is 45.9 Å². The summed E-state index contributed by atoms with van der Waals surface area (Å²) in [5.74, 6) is 4.59. The lowest BCUT2D eigenvalue weighted by molar-refractivity contribution is 0.218. The molecule has 1 heterocycles. The highest BCUT2D eigenvalue weighted by Crippen LogP contribution is 2.39. The van der Waals surface area contributed by atoms with Gasteiger partial charge in [0.1, 0.15) is 5.75 Å². The number of nitrogens with one attached hydrogen (secondary N) is 1. The molecule has 1 N–H and O–H groups in total. The van der Waals surface area contributed by atoms with E-state index in [1.165, 1.54) is 24.8 Å². The SMILES string of the molecule is COc1ccc(-c2nnc(C[C@@H]3C[C@@H](C(C)C)[C@H](CNC4CC4)C=C3C)o2)cc1. The molecule has 3 atom stereocenters. The predicted octanol–water partition coefficient (Wildman–Crippen LogP) is 4.89. The highest BCUT2D eigenvalue weighted by molar-refractivity contribution is 5.53. The Morgan fingerprint density at radius 1 is 1.17 bits per heavy atom. The first-order valence-electron chi connectivity index (χ1n) is 10.9. The van der Waals surface area contributed by atoms with Gasteiger partial charge in [-0.3, -0.25) is 0 Å². The maximum absolute atomic E-state index is 6.00. The van der Waals surface area contributed by atoms with Gasteiger partial charge in [0, 0.05) is 24.6 Å². The van der Waals surface area contributed by atoms with Crippen LogP contribution in [0.15, 0.2) is 40.3 Å². The molecule has 0 bridgehead atoms. The molecule has 4 rings (SSSR count). The van der Waals surface area contributed by atoms with Crippen LogP contribution in [-0.2, 0) is 6.42 Å². The van der Waals surface area contributed by atoms with E-state index in [4.69, 9.17) is 9.15 Å². The molecule has 0 radical (unpaired) electrons. The fraction of sp³-hybridized carbons (Fsp3) is 0.583. The van der Waals surface area contributed by atoms with Crippen molar-refractivity contribution >= 4 is 0 Å². The minimum Gasteiger partial charge on any atom is -0.497 e. The third kappa shape index (κ3) is 4.89. The maximum atomic E-state index is 6.00. The summed E-state index contributed by atoms with van der Waals surface area (Å²) in [6.45, 7) is 8.09. The third-order valence-corrected chi connectivity index (χ3v) is 6.53. The van der Waals surface area contributed by atoms with Crippen LogP contribution in [0.5, 0.6) is 5.75 Å². The van der Waals surface area contributed by atoms with Crippen molar-refractivity contribution in [1.29, 1.82) is 0 Å². The first-order chi connectivity index (χ1) is 14.0. The Morgan fingerprint density at radius 3 is 2.59 bits per heavy atom. The Labute approximate surface area is 173 Å². The molecule has 0 amide bonds. The van der Waals surface area contributed by atoms with Gasteiger partial charge in [-0.1, -0.05) is 25.5 Å². The molecule has 156 valence electrons. The second-order valence-electron chi connectivity index (χ2n) is 9.03. The third-order valence-electron chi connectivity index (χ3n) is 6.53. The van der Waals surface area contributed by atoms with Gasteiger partial charge in [-0.25, -0.2) is 0 Å².